The molecule has 0 aliphatic rings. The van der Waals surface area contributed by atoms with Crippen LogP contribution in [0.15, 0.2) is 41.0 Å². The summed E-state index contributed by atoms with van der Waals surface area (Å²) in [5.41, 5.74) is 0.962. The quantitative estimate of drug-likeness (QED) is 0.918. The van der Waals surface area contributed by atoms with E-state index in [9.17, 15) is 4.79 Å². The topological polar surface area (TPSA) is 42.2 Å². The highest BCUT2D eigenvalue weighted by molar-refractivity contribution is 6.35. The van der Waals surface area contributed by atoms with Crippen molar-refractivity contribution in [2.75, 3.05) is 6.54 Å². The lowest BCUT2D eigenvalue weighted by atomic mass is 10.1. The Kier molecular flexibility index (Phi) is 4.88. The van der Waals surface area contributed by atoms with Crippen molar-refractivity contribution in [3.8, 4) is 0 Å². The van der Waals surface area contributed by atoms with Crippen LogP contribution in [0.3, 0.4) is 0 Å². The van der Waals surface area contributed by atoms with Gasteiger partial charge in [-0.05, 0) is 36.2 Å². The molecular formula is C14H13Cl2NO2. The zero-order valence-corrected chi connectivity index (χ0v) is 11.7. The molecule has 0 aliphatic carbocycles. The van der Waals surface area contributed by atoms with E-state index < -0.39 is 0 Å². The van der Waals surface area contributed by atoms with Gasteiger partial charge in [-0.1, -0.05) is 29.3 Å². The summed E-state index contributed by atoms with van der Waals surface area (Å²) in [4.78, 5) is 11.6. The van der Waals surface area contributed by atoms with Gasteiger partial charge in [-0.25, -0.2) is 0 Å². The van der Waals surface area contributed by atoms with Gasteiger partial charge in [0, 0.05) is 16.6 Å². The van der Waals surface area contributed by atoms with Gasteiger partial charge in [0.2, 0.25) is 5.91 Å². The van der Waals surface area contributed by atoms with Crippen molar-refractivity contribution in [3.63, 3.8) is 0 Å². The smallest absolute Gasteiger partial charge is 0.227 e. The van der Waals surface area contributed by atoms with E-state index in [1.54, 1.807) is 30.5 Å². The molecule has 5 heteroatoms. The van der Waals surface area contributed by atoms with Crippen LogP contribution < -0.4 is 5.32 Å². The van der Waals surface area contributed by atoms with Crippen LogP contribution in [0.5, 0.6) is 0 Å². The summed E-state index contributed by atoms with van der Waals surface area (Å²) in [6.07, 6.45) is 2.47. The average Bonchev–Trinajstić information content (AvgIpc) is 2.84. The van der Waals surface area contributed by atoms with Crippen molar-refractivity contribution in [1.29, 1.82) is 0 Å². The Morgan fingerprint density at radius 3 is 2.79 bits per heavy atom. The van der Waals surface area contributed by atoms with Crippen LogP contribution in [0.4, 0.5) is 0 Å². The van der Waals surface area contributed by atoms with Gasteiger partial charge in [-0.2, -0.15) is 0 Å². The lowest BCUT2D eigenvalue weighted by Crippen LogP contribution is -2.27. The monoisotopic (exact) mass is 297 g/mol. The molecule has 1 aromatic heterocycles. The van der Waals surface area contributed by atoms with Crippen LogP contribution >= 0.6 is 23.2 Å². The first-order valence-electron chi connectivity index (χ1n) is 5.88. The molecule has 0 bridgehead atoms. The highest BCUT2D eigenvalue weighted by atomic mass is 35.5. The lowest BCUT2D eigenvalue weighted by Gasteiger charge is -2.06. The second-order valence-electron chi connectivity index (χ2n) is 4.09. The normalized spacial score (nSPS) is 10.4. The van der Waals surface area contributed by atoms with E-state index >= 15 is 0 Å². The van der Waals surface area contributed by atoms with Crippen LogP contribution in [0.25, 0.3) is 0 Å². The van der Waals surface area contributed by atoms with E-state index in [4.69, 9.17) is 27.6 Å². The maximum absolute atomic E-state index is 11.6. The number of halogens is 2. The molecule has 0 radical (unpaired) electrons. The van der Waals surface area contributed by atoms with E-state index in [0.717, 1.165) is 5.56 Å². The Morgan fingerprint density at radius 1 is 1.26 bits per heavy atom. The molecule has 2 rings (SSSR count). The fourth-order valence-corrected chi connectivity index (χ4v) is 2.20. The first-order valence-corrected chi connectivity index (χ1v) is 6.64. The number of amides is 1. The molecule has 1 heterocycles. The summed E-state index contributed by atoms with van der Waals surface area (Å²) >= 11 is 11.9. The van der Waals surface area contributed by atoms with Gasteiger partial charge in [0.05, 0.1) is 12.7 Å². The maximum atomic E-state index is 11.6. The molecule has 0 fully saturated rings. The van der Waals surface area contributed by atoms with E-state index in [2.05, 4.69) is 5.32 Å². The third-order valence-corrected chi connectivity index (χ3v) is 3.23. The SMILES string of the molecule is O=C(Cc1ccco1)NCCc1ccc(Cl)cc1Cl. The van der Waals surface area contributed by atoms with Crippen LogP contribution in [0.2, 0.25) is 10.0 Å². The number of hydrogen-bond donors (Lipinski definition) is 1. The third kappa shape index (κ3) is 4.30. The van der Waals surface area contributed by atoms with Crippen molar-refractivity contribution in [2.45, 2.75) is 12.8 Å². The van der Waals surface area contributed by atoms with Crippen LogP contribution in [0, 0.1) is 0 Å². The van der Waals surface area contributed by atoms with E-state index in [-0.39, 0.29) is 12.3 Å². The molecule has 1 aromatic carbocycles. The molecule has 3 nitrogen and oxygen atoms in total. The number of furan rings is 1. The minimum atomic E-state index is -0.0694. The first-order chi connectivity index (χ1) is 9.15. The van der Waals surface area contributed by atoms with Crippen molar-refractivity contribution < 1.29 is 9.21 Å². The summed E-state index contributed by atoms with van der Waals surface area (Å²) in [6, 6.07) is 8.88. The minimum absolute atomic E-state index is 0.0694. The Labute approximate surface area is 121 Å². The number of hydrogen-bond acceptors (Lipinski definition) is 2. The molecule has 0 aliphatic heterocycles. The molecule has 100 valence electrons. The second-order valence-corrected chi connectivity index (χ2v) is 4.94. The van der Waals surface area contributed by atoms with Crippen molar-refractivity contribution >= 4 is 29.1 Å². The van der Waals surface area contributed by atoms with Gasteiger partial charge in [0.25, 0.3) is 0 Å². The van der Waals surface area contributed by atoms with Crippen molar-refractivity contribution in [3.05, 3.63) is 58.0 Å². The van der Waals surface area contributed by atoms with Crippen molar-refractivity contribution in [2.24, 2.45) is 0 Å². The molecule has 1 amide bonds. The number of rotatable bonds is 5. The van der Waals surface area contributed by atoms with E-state index in [1.807, 2.05) is 6.07 Å². The number of nitrogens with one attached hydrogen (secondary N) is 1. The fraction of sp³-hybridized carbons (Fsp3) is 0.214. The highest BCUT2D eigenvalue weighted by Crippen LogP contribution is 2.21. The Hall–Kier alpha value is -1.45. The summed E-state index contributed by atoms with van der Waals surface area (Å²) in [6.45, 7) is 0.529. The predicted molar refractivity (Wildman–Crippen MR) is 75.6 cm³/mol. The Bertz CT molecular complexity index is 553. The number of carbonyl (C=O) groups excluding carboxylic acids is 1. The van der Waals surface area contributed by atoms with Crippen LogP contribution in [0.1, 0.15) is 11.3 Å². The van der Waals surface area contributed by atoms with Crippen LogP contribution in [-0.4, -0.2) is 12.5 Å². The number of benzene rings is 1. The highest BCUT2D eigenvalue weighted by Gasteiger charge is 2.06. The summed E-state index contributed by atoms with van der Waals surface area (Å²) in [5, 5.41) is 4.05. The molecule has 0 unspecified atom stereocenters. The van der Waals surface area contributed by atoms with Gasteiger partial charge in [0.1, 0.15) is 5.76 Å². The molecular weight excluding hydrogens is 285 g/mol. The van der Waals surface area contributed by atoms with Crippen LogP contribution in [-0.2, 0) is 17.6 Å². The summed E-state index contributed by atoms with van der Waals surface area (Å²) in [5.74, 6) is 0.585. The van der Waals surface area contributed by atoms with Gasteiger partial charge in [-0.15, -0.1) is 0 Å². The first kappa shape index (κ1) is 14.0. The third-order valence-electron chi connectivity index (χ3n) is 2.65. The van der Waals surface area contributed by atoms with Gasteiger partial charge in [0.15, 0.2) is 0 Å². The van der Waals surface area contributed by atoms with E-state index in [1.165, 1.54) is 0 Å². The molecule has 0 atom stereocenters. The largest absolute Gasteiger partial charge is 0.469 e. The van der Waals surface area contributed by atoms with Gasteiger partial charge >= 0.3 is 0 Å². The molecule has 0 spiro atoms. The van der Waals surface area contributed by atoms with Gasteiger partial charge in [-0.3, -0.25) is 4.79 Å². The molecule has 1 N–H and O–H groups in total. The molecule has 2 aromatic rings. The molecule has 19 heavy (non-hydrogen) atoms. The standard InChI is InChI=1S/C14H13Cl2NO2/c15-11-4-3-10(13(16)8-11)5-6-17-14(18)9-12-2-1-7-19-12/h1-4,7-8H,5-6,9H2,(H,17,18). The maximum Gasteiger partial charge on any atom is 0.227 e. The Balaban J connectivity index is 1.78. The van der Waals surface area contributed by atoms with E-state index in [0.29, 0.717) is 28.8 Å². The summed E-state index contributed by atoms with van der Waals surface area (Å²) < 4.78 is 5.10. The summed E-state index contributed by atoms with van der Waals surface area (Å²) in [7, 11) is 0. The second kappa shape index (κ2) is 6.64. The minimum Gasteiger partial charge on any atom is -0.469 e. The zero-order valence-electron chi connectivity index (χ0n) is 10.2. The molecule has 0 saturated carbocycles. The zero-order chi connectivity index (χ0) is 13.7. The number of carbonyl (C=O) groups is 1. The predicted octanol–water partition coefficient (Wildman–Crippen LogP) is 3.49. The Morgan fingerprint density at radius 2 is 2.11 bits per heavy atom. The fourth-order valence-electron chi connectivity index (χ4n) is 1.69. The average molecular weight is 298 g/mol. The molecule has 0 saturated heterocycles. The van der Waals surface area contributed by atoms with Crippen molar-refractivity contribution in [1.82, 2.24) is 5.32 Å². The lowest BCUT2D eigenvalue weighted by molar-refractivity contribution is -0.120. The van der Waals surface area contributed by atoms with Gasteiger partial charge < -0.3 is 9.73 Å².